The number of thiophene rings is 1. The summed E-state index contributed by atoms with van der Waals surface area (Å²) in [5.41, 5.74) is 0.777. The predicted octanol–water partition coefficient (Wildman–Crippen LogP) is 2.63. The molecule has 2 atom stereocenters. The van der Waals surface area contributed by atoms with Gasteiger partial charge in [-0.25, -0.2) is 0 Å². The molecule has 0 aliphatic carbocycles. The van der Waals surface area contributed by atoms with Gasteiger partial charge in [-0.1, -0.05) is 24.3 Å². The van der Waals surface area contributed by atoms with Crippen LogP contribution in [0.1, 0.15) is 15.2 Å². The third-order valence-electron chi connectivity index (χ3n) is 5.19. The maximum atomic E-state index is 12.4. The first-order chi connectivity index (χ1) is 11.8. The Bertz CT molecular complexity index is 689. The summed E-state index contributed by atoms with van der Waals surface area (Å²) >= 11 is 1.81. The monoisotopic (exact) mass is 342 g/mol. The Morgan fingerprint density at radius 2 is 2.17 bits per heavy atom. The van der Waals surface area contributed by atoms with Crippen LogP contribution in [0.15, 0.2) is 47.8 Å². The second-order valence-electron chi connectivity index (χ2n) is 6.87. The van der Waals surface area contributed by atoms with Gasteiger partial charge in [0.1, 0.15) is 0 Å². The quantitative estimate of drug-likeness (QED) is 0.908. The summed E-state index contributed by atoms with van der Waals surface area (Å²) in [6, 6.07) is 13.7. The highest BCUT2D eigenvalue weighted by atomic mass is 32.1. The largest absolute Gasteiger partial charge is 0.380 e. The van der Waals surface area contributed by atoms with Crippen molar-refractivity contribution in [3.63, 3.8) is 0 Å². The van der Waals surface area contributed by atoms with Crippen molar-refractivity contribution >= 4 is 17.2 Å². The van der Waals surface area contributed by atoms with Crippen molar-refractivity contribution in [1.82, 2.24) is 10.2 Å². The number of carbonyl (C=O) groups is 1. The molecule has 0 unspecified atom stereocenters. The van der Waals surface area contributed by atoms with Crippen LogP contribution in [-0.4, -0.2) is 43.7 Å². The van der Waals surface area contributed by atoms with Gasteiger partial charge in [0.2, 0.25) is 0 Å². The molecule has 0 saturated carbocycles. The first kappa shape index (κ1) is 15.8. The molecule has 2 saturated heterocycles. The number of nitrogens with one attached hydrogen (secondary N) is 1. The van der Waals surface area contributed by atoms with E-state index in [1.807, 2.05) is 41.7 Å². The van der Waals surface area contributed by atoms with Gasteiger partial charge in [-0.05, 0) is 23.6 Å². The van der Waals surface area contributed by atoms with Crippen molar-refractivity contribution in [1.29, 1.82) is 0 Å². The number of carbonyl (C=O) groups excluding carboxylic acids is 1. The number of fused-ring (bicyclic) bond motifs is 1. The number of rotatable bonds is 5. The summed E-state index contributed by atoms with van der Waals surface area (Å²) in [6.07, 6.45) is 0. The van der Waals surface area contributed by atoms with Gasteiger partial charge in [0.05, 0.1) is 13.2 Å². The molecule has 3 heterocycles. The van der Waals surface area contributed by atoms with Gasteiger partial charge >= 0.3 is 0 Å². The lowest BCUT2D eigenvalue weighted by atomic mass is 9.81. The van der Waals surface area contributed by atoms with Crippen molar-refractivity contribution in [3.8, 4) is 0 Å². The normalized spacial score (nSPS) is 26.4. The molecule has 0 spiro atoms. The molecule has 2 aliphatic rings. The standard InChI is InChI=1S/C19H22N2O2S/c22-18(15-5-2-1-3-6-15)20-12-19-13-21(9-16(19)11-23-14-19)10-17-7-4-8-24-17/h1-8,16H,9-14H2,(H,20,22)/t16-,19+/m0/s1. The van der Waals surface area contributed by atoms with Gasteiger partial charge in [0.15, 0.2) is 0 Å². The molecule has 5 heteroatoms. The highest BCUT2D eigenvalue weighted by Gasteiger charge is 2.50. The van der Waals surface area contributed by atoms with Crippen LogP contribution >= 0.6 is 11.3 Å². The van der Waals surface area contributed by atoms with E-state index in [0.717, 1.165) is 38.4 Å². The summed E-state index contributed by atoms with van der Waals surface area (Å²) < 4.78 is 5.76. The molecule has 126 valence electrons. The first-order valence-electron chi connectivity index (χ1n) is 8.41. The first-order valence-corrected chi connectivity index (χ1v) is 9.29. The minimum absolute atomic E-state index is 0.00679. The average Bonchev–Trinajstić information content (AvgIpc) is 3.30. The van der Waals surface area contributed by atoms with E-state index in [9.17, 15) is 4.79 Å². The number of ether oxygens (including phenoxy) is 1. The van der Waals surface area contributed by atoms with Gasteiger partial charge in [0.25, 0.3) is 5.91 Å². The second kappa shape index (κ2) is 6.67. The fourth-order valence-corrected chi connectivity index (χ4v) is 4.63. The van der Waals surface area contributed by atoms with Crippen LogP contribution < -0.4 is 5.32 Å². The molecule has 4 rings (SSSR count). The van der Waals surface area contributed by atoms with E-state index in [-0.39, 0.29) is 11.3 Å². The van der Waals surface area contributed by atoms with E-state index >= 15 is 0 Å². The Hall–Kier alpha value is -1.69. The van der Waals surface area contributed by atoms with E-state index in [1.54, 1.807) is 0 Å². The Labute approximate surface area is 146 Å². The summed E-state index contributed by atoms with van der Waals surface area (Å²) in [7, 11) is 0. The molecule has 2 aromatic rings. The van der Waals surface area contributed by atoms with Crippen LogP contribution in [0.2, 0.25) is 0 Å². The smallest absolute Gasteiger partial charge is 0.251 e. The average molecular weight is 342 g/mol. The molecule has 1 aromatic carbocycles. The predicted molar refractivity (Wildman–Crippen MR) is 95.1 cm³/mol. The van der Waals surface area contributed by atoms with Crippen molar-refractivity contribution < 1.29 is 9.53 Å². The Morgan fingerprint density at radius 1 is 1.29 bits per heavy atom. The minimum Gasteiger partial charge on any atom is -0.380 e. The van der Waals surface area contributed by atoms with Crippen molar-refractivity contribution in [2.24, 2.45) is 11.3 Å². The van der Waals surface area contributed by atoms with Crippen molar-refractivity contribution in [2.45, 2.75) is 6.54 Å². The zero-order valence-electron chi connectivity index (χ0n) is 13.6. The summed E-state index contributed by atoms with van der Waals surface area (Å²) in [5.74, 6) is 0.515. The molecule has 0 radical (unpaired) electrons. The van der Waals surface area contributed by atoms with Gasteiger partial charge in [-0.3, -0.25) is 9.69 Å². The number of hydrogen-bond acceptors (Lipinski definition) is 4. The van der Waals surface area contributed by atoms with Crippen LogP contribution in [0.25, 0.3) is 0 Å². The maximum absolute atomic E-state index is 12.4. The molecular formula is C19H22N2O2S. The molecule has 1 aromatic heterocycles. The molecule has 0 bridgehead atoms. The zero-order valence-corrected chi connectivity index (χ0v) is 14.4. The lowest BCUT2D eigenvalue weighted by Crippen LogP contribution is -2.43. The van der Waals surface area contributed by atoms with E-state index in [0.29, 0.717) is 12.5 Å². The molecule has 1 amide bonds. The second-order valence-corrected chi connectivity index (χ2v) is 7.90. The highest BCUT2D eigenvalue weighted by Crippen LogP contribution is 2.41. The number of hydrogen-bond donors (Lipinski definition) is 1. The van der Waals surface area contributed by atoms with Crippen molar-refractivity contribution in [3.05, 3.63) is 58.3 Å². The Balaban J connectivity index is 1.40. The van der Waals surface area contributed by atoms with Gasteiger partial charge in [0, 0.05) is 48.0 Å². The number of benzene rings is 1. The lowest BCUT2D eigenvalue weighted by molar-refractivity contribution is 0.0904. The molecule has 1 N–H and O–H groups in total. The number of amides is 1. The molecule has 2 fully saturated rings. The van der Waals surface area contributed by atoms with E-state index in [2.05, 4.69) is 27.7 Å². The summed E-state index contributed by atoms with van der Waals surface area (Å²) in [4.78, 5) is 16.3. The topological polar surface area (TPSA) is 41.6 Å². The zero-order chi connectivity index (χ0) is 16.4. The van der Waals surface area contributed by atoms with Gasteiger partial charge < -0.3 is 10.1 Å². The highest BCUT2D eigenvalue weighted by molar-refractivity contribution is 7.09. The van der Waals surface area contributed by atoms with Crippen LogP contribution in [0, 0.1) is 11.3 Å². The van der Waals surface area contributed by atoms with Crippen LogP contribution in [0.3, 0.4) is 0 Å². The third-order valence-corrected chi connectivity index (χ3v) is 6.05. The van der Waals surface area contributed by atoms with Crippen LogP contribution in [0.4, 0.5) is 0 Å². The number of nitrogens with zero attached hydrogens (tertiary/aromatic N) is 1. The third kappa shape index (κ3) is 3.11. The van der Waals surface area contributed by atoms with Crippen LogP contribution in [0.5, 0.6) is 0 Å². The Morgan fingerprint density at radius 3 is 2.96 bits per heavy atom. The van der Waals surface area contributed by atoms with E-state index in [4.69, 9.17) is 4.74 Å². The Kier molecular flexibility index (Phi) is 4.39. The molecular weight excluding hydrogens is 320 g/mol. The SMILES string of the molecule is O=C(NC[C@@]12COC[C@@H]1CN(Cc1cccs1)C2)c1ccccc1. The van der Waals surface area contributed by atoms with Gasteiger partial charge in [-0.15, -0.1) is 11.3 Å². The van der Waals surface area contributed by atoms with E-state index < -0.39 is 0 Å². The van der Waals surface area contributed by atoms with Crippen LogP contribution in [-0.2, 0) is 11.3 Å². The number of likely N-dealkylation sites (tertiary alicyclic amines) is 1. The van der Waals surface area contributed by atoms with E-state index in [1.165, 1.54) is 4.88 Å². The summed E-state index contributed by atoms with van der Waals surface area (Å²) in [6.45, 7) is 5.29. The molecule has 2 aliphatic heterocycles. The molecule has 24 heavy (non-hydrogen) atoms. The fraction of sp³-hybridized carbons (Fsp3) is 0.421. The summed E-state index contributed by atoms with van der Waals surface area (Å²) in [5, 5.41) is 5.27. The molecule has 4 nitrogen and oxygen atoms in total. The van der Waals surface area contributed by atoms with Crippen molar-refractivity contribution in [2.75, 3.05) is 32.8 Å². The van der Waals surface area contributed by atoms with Gasteiger partial charge in [-0.2, -0.15) is 0 Å². The maximum Gasteiger partial charge on any atom is 0.251 e. The minimum atomic E-state index is 0.00679. The fourth-order valence-electron chi connectivity index (χ4n) is 3.88. The lowest BCUT2D eigenvalue weighted by Gasteiger charge is -2.27.